The van der Waals surface area contributed by atoms with Crippen molar-refractivity contribution in [3.05, 3.63) is 17.0 Å². The van der Waals surface area contributed by atoms with Gasteiger partial charge in [0.15, 0.2) is 0 Å². The van der Waals surface area contributed by atoms with E-state index in [4.69, 9.17) is 4.84 Å². The molecule has 0 aliphatic heterocycles. The molecule has 1 rings (SSSR count). The summed E-state index contributed by atoms with van der Waals surface area (Å²) in [6.07, 6.45) is 0. The van der Waals surface area contributed by atoms with Gasteiger partial charge in [0, 0.05) is 14.0 Å². The Balaban J connectivity index is 2.75. The quantitative estimate of drug-likeness (QED) is 0.794. The third kappa shape index (κ3) is 3.03. The van der Waals surface area contributed by atoms with E-state index in [1.165, 1.54) is 32.4 Å². The van der Waals surface area contributed by atoms with Gasteiger partial charge in [0.25, 0.3) is 5.91 Å². The Morgan fingerprint density at radius 2 is 2.13 bits per heavy atom. The summed E-state index contributed by atoms with van der Waals surface area (Å²) in [4.78, 5) is 27.6. The third-order valence-corrected chi connectivity index (χ3v) is 2.66. The van der Waals surface area contributed by atoms with Gasteiger partial charge in [0.05, 0.1) is 17.0 Å². The molecule has 0 saturated carbocycles. The normalized spacial score (nSPS) is 9.80. The van der Waals surface area contributed by atoms with Crippen LogP contribution in [0.2, 0.25) is 0 Å². The molecular weight excluding hydrogens is 216 g/mol. The van der Waals surface area contributed by atoms with Crippen LogP contribution < -0.4 is 5.32 Å². The van der Waals surface area contributed by atoms with Crippen molar-refractivity contribution in [3.8, 4) is 0 Å². The maximum atomic E-state index is 11.6. The molecule has 0 bridgehead atoms. The minimum atomic E-state index is -0.237. The Labute approximate surface area is 91.6 Å². The van der Waals surface area contributed by atoms with Gasteiger partial charge in [-0.1, -0.05) is 0 Å². The van der Waals surface area contributed by atoms with Crippen LogP contribution >= 0.6 is 11.3 Å². The first kappa shape index (κ1) is 11.7. The van der Waals surface area contributed by atoms with Gasteiger partial charge in [0.1, 0.15) is 0 Å². The average Bonchev–Trinajstić information content (AvgIpc) is 2.63. The number of hydrogen-bond donors (Lipinski definition) is 1. The lowest BCUT2D eigenvalue weighted by atomic mass is 10.4. The van der Waals surface area contributed by atoms with Crippen molar-refractivity contribution in [1.29, 1.82) is 0 Å². The van der Waals surface area contributed by atoms with Crippen LogP contribution in [0.25, 0.3) is 0 Å². The molecular formula is C9H12N2O3S. The van der Waals surface area contributed by atoms with E-state index in [1.54, 1.807) is 12.1 Å². The second kappa shape index (κ2) is 4.90. The van der Waals surface area contributed by atoms with Crippen molar-refractivity contribution in [1.82, 2.24) is 5.06 Å². The van der Waals surface area contributed by atoms with Gasteiger partial charge in [-0.05, 0) is 12.1 Å². The van der Waals surface area contributed by atoms with Gasteiger partial charge in [-0.15, -0.1) is 11.3 Å². The van der Waals surface area contributed by atoms with Crippen molar-refractivity contribution in [2.75, 3.05) is 19.5 Å². The summed E-state index contributed by atoms with van der Waals surface area (Å²) in [6.45, 7) is 1.42. The molecule has 5 nitrogen and oxygen atoms in total. The zero-order valence-corrected chi connectivity index (χ0v) is 9.55. The van der Waals surface area contributed by atoms with Crippen LogP contribution in [0.3, 0.4) is 0 Å². The van der Waals surface area contributed by atoms with Crippen molar-refractivity contribution in [3.63, 3.8) is 0 Å². The van der Waals surface area contributed by atoms with Crippen LogP contribution in [-0.4, -0.2) is 31.0 Å². The van der Waals surface area contributed by atoms with Crippen LogP contribution in [0.4, 0.5) is 5.00 Å². The number of amides is 2. The molecule has 0 atom stereocenters. The first-order chi connectivity index (χ1) is 7.04. The fraction of sp³-hybridized carbons (Fsp3) is 0.333. The maximum Gasteiger partial charge on any atom is 0.287 e. The highest BCUT2D eigenvalue weighted by Gasteiger charge is 2.13. The molecule has 0 unspecified atom stereocenters. The molecule has 1 N–H and O–H groups in total. The maximum absolute atomic E-state index is 11.6. The molecule has 0 saturated heterocycles. The number of hydrogen-bond acceptors (Lipinski definition) is 4. The molecule has 82 valence electrons. The van der Waals surface area contributed by atoms with Gasteiger partial charge in [0.2, 0.25) is 5.91 Å². The highest BCUT2D eigenvalue weighted by atomic mass is 32.1. The molecule has 6 heteroatoms. The summed E-state index contributed by atoms with van der Waals surface area (Å²) in [6, 6.07) is 3.33. The molecule has 1 heterocycles. The lowest BCUT2D eigenvalue weighted by molar-refractivity contribution is -0.114. The Morgan fingerprint density at radius 1 is 1.47 bits per heavy atom. The largest absolute Gasteiger partial charge is 0.318 e. The Bertz CT molecular complexity index is 375. The number of carbonyl (C=O) groups is 2. The van der Waals surface area contributed by atoms with Gasteiger partial charge in [-0.25, -0.2) is 5.06 Å². The van der Waals surface area contributed by atoms with E-state index >= 15 is 0 Å². The lowest BCUT2D eigenvalue weighted by Crippen LogP contribution is -2.24. The molecule has 0 radical (unpaired) electrons. The monoisotopic (exact) mass is 228 g/mol. The van der Waals surface area contributed by atoms with Crippen molar-refractivity contribution in [2.24, 2.45) is 0 Å². The predicted octanol–water partition coefficient (Wildman–Crippen LogP) is 1.34. The molecule has 0 fully saturated rings. The van der Waals surface area contributed by atoms with E-state index in [0.29, 0.717) is 9.88 Å². The summed E-state index contributed by atoms with van der Waals surface area (Å²) < 4.78 is 0. The number of nitrogens with one attached hydrogen (secondary N) is 1. The lowest BCUT2D eigenvalue weighted by Gasteiger charge is -2.11. The van der Waals surface area contributed by atoms with E-state index in [0.717, 1.165) is 5.06 Å². The van der Waals surface area contributed by atoms with Crippen LogP contribution in [-0.2, 0) is 9.63 Å². The Kier molecular flexibility index (Phi) is 3.81. The SMILES string of the molecule is CON(C)C(=O)c1ccc(NC(C)=O)s1. The fourth-order valence-corrected chi connectivity index (χ4v) is 1.85. The third-order valence-electron chi connectivity index (χ3n) is 1.68. The van der Waals surface area contributed by atoms with Gasteiger partial charge >= 0.3 is 0 Å². The van der Waals surface area contributed by atoms with Gasteiger partial charge in [-0.3, -0.25) is 14.4 Å². The average molecular weight is 228 g/mol. The summed E-state index contributed by atoms with van der Waals surface area (Å²) in [5.41, 5.74) is 0. The highest BCUT2D eigenvalue weighted by Crippen LogP contribution is 2.22. The van der Waals surface area contributed by atoms with Crippen molar-refractivity contribution in [2.45, 2.75) is 6.92 Å². The number of thiophene rings is 1. The molecule has 1 aromatic rings. The Hall–Kier alpha value is -1.40. The van der Waals surface area contributed by atoms with Crippen LogP contribution in [0.1, 0.15) is 16.6 Å². The summed E-state index contributed by atoms with van der Waals surface area (Å²) in [5, 5.41) is 4.38. The highest BCUT2D eigenvalue weighted by molar-refractivity contribution is 7.18. The second-order valence-corrected chi connectivity index (χ2v) is 3.91. The zero-order valence-electron chi connectivity index (χ0n) is 8.73. The van der Waals surface area contributed by atoms with E-state index in [1.807, 2.05) is 0 Å². The van der Waals surface area contributed by atoms with Crippen LogP contribution in [0.5, 0.6) is 0 Å². The molecule has 0 aliphatic rings. The number of hydroxylamine groups is 2. The molecule has 15 heavy (non-hydrogen) atoms. The smallest absolute Gasteiger partial charge is 0.287 e. The van der Waals surface area contributed by atoms with Crippen molar-refractivity contribution < 1.29 is 14.4 Å². The molecule has 2 amide bonds. The summed E-state index contributed by atoms with van der Waals surface area (Å²) in [5.74, 6) is -0.393. The Morgan fingerprint density at radius 3 is 2.67 bits per heavy atom. The topological polar surface area (TPSA) is 58.6 Å². The fourth-order valence-electron chi connectivity index (χ4n) is 0.932. The van der Waals surface area contributed by atoms with E-state index in [-0.39, 0.29) is 11.8 Å². The summed E-state index contributed by atoms with van der Waals surface area (Å²) >= 11 is 1.21. The van der Waals surface area contributed by atoms with Gasteiger partial charge in [-0.2, -0.15) is 0 Å². The standard InChI is InChI=1S/C9H12N2O3S/c1-6(12)10-8-5-4-7(15-8)9(13)11(2)14-3/h4-5H,1-3H3,(H,10,12). The van der Waals surface area contributed by atoms with Gasteiger partial charge < -0.3 is 5.32 Å². The minimum absolute atomic E-state index is 0.157. The summed E-state index contributed by atoms with van der Waals surface area (Å²) in [7, 11) is 2.94. The second-order valence-electron chi connectivity index (χ2n) is 2.83. The van der Waals surface area contributed by atoms with Crippen LogP contribution in [0.15, 0.2) is 12.1 Å². The van der Waals surface area contributed by atoms with E-state index in [9.17, 15) is 9.59 Å². The number of nitrogens with zero attached hydrogens (tertiary/aromatic N) is 1. The molecule has 0 aliphatic carbocycles. The number of carbonyl (C=O) groups excluding carboxylic acids is 2. The molecule has 0 aromatic carbocycles. The van der Waals surface area contributed by atoms with E-state index in [2.05, 4.69) is 5.32 Å². The first-order valence-corrected chi connectivity index (χ1v) is 5.06. The van der Waals surface area contributed by atoms with E-state index < -0.39 is 0 Å². The number of rotatable bonds is 3. The predicted molar refractivity (Wildman–Crippen MR) is 57.7 cm³/mol. The molecule has 0 spiro atoms. The number of anilines is 1. The minimum Gasteiger partial charge on any atom is -0.318 e. The van der Waals surface area contributed by atoms with Crippen LogP contribution in [0, 0.1) is 0 Å². The first-order valence-electron chi connectivity index (χ1n) is 4.24. The molecule has 1 aromatic heterocycles. The van der Waals surface area contributed by atoms with Crippen molar-refractivity contribution >= 4 is 28.2 Å². The zero-order chi connectivity index (χ0) is 11.4.